The molecule has 1 atom stereocenters. The first-order valence-corrected chi connectivity index (χ1v) is 6.84. The monoisotopic (exact) mass is 276 g/mol. The SMILES string of the molecule is CCCCC(C)C(C)(C)OC(=O)OOOC(C)(C)C. The number of hydrogen-bond acceptors (Lipinski definition) is 5. The van der Waals surface area contributed by atoms with Gasteiger partial charge in [0.2, 0.25) is 0 Å². The predicted octanol–water partition coefficient (Wildman–Crippen LogP) is 4.41. The number of unbranched alkanes of at least 4 members (excludes halogenated alkanes) is 1. The molecule has 0 rings (SSSR count). The molecule has 5 nitrogen and oxygen atoms in total. The van der Waals surface area contributed by atoms with Crippen LogP contribution in [0.5, 0.6) is 0 Å². The highest BCUT2D eigenvalue weighted by Gasteiger charge is 2.31. The van der Waals surface area contributed by atoms with E-state index in [0.717, 1.165) is 19.3 Å². The van der Waals surface area contributed by atoms with Gasteiger partial charge in [-0.25, -0.2) is 9.68 Å². The Kier molecular flexibility index (Phi) is 7.37. The van der Waals surface area contributed by atoms with Gasteiger partial charge < -0.3 is 4.74 Å². The molecule has 0 aliphatic heterocycles. The van der Waals surface area contributed by atoms with Crippen LogP contribution in [0.2, 0.25) is 0 Å². The Labute approximate surface area is 116 Å². The minimum Gasteiger partial charge on any atom is -0.426 e. The molecule has 0 aromatic heterocycles. The fraction of sp³-hybridized carbons (Fsp3) is 0.929. The highest BCUT2D eigenvalue weighted by Crippen LogP contribution is 2.26. The third-order valence-electron chi connectivity index (χ3n) is 2.91. The molecule has 0 aliphatic carbocycles. The van der Waals surface area contributed by atoms with E-state index in [4.69, 9.17) is 9.62 Å². The van der Waals surface area contributed by atoms with Gasteiger partial charge in [0, 0.05) is 0 Å². The van der Waals surface area contributed by atoms with Gasteiger partial charge in [-0.2, -0.15) is 4.89 Å². The molecule has 114 valence electrons. The second-order valence-electron chi connectivity index (χ2n) is 6.35. The van der Waals surface area contributed by atoms with Crippen LogP contribution in [0.1, 0.15) is 67.7 Å². The van der Waals surface area contributed by atoms with Crippen LogP contribution >= 0.6 is 0 Å². The second kappa shape index (κ2) is 7.70. The van der Waals surface area contributed by atoms with Crippen molar-refractivity contribution in [2.45, 2.75) is 78.9 Å². The molecule has 0 radical (unpaired) electrons. The van der Waals surface area contributed by atoms with Crippen molar-refractivity contribution in [3.05, 3.63) is 0 Å². The summed E-state index contributed by atoms with van der Waals surface area (Å²) in [5.41, 5.74) is -1.15. The van der Waals surface area contributed by atoms with Crippen molar-refractivity contribution >= 4 is 6.16 Å². The molecule has 0 amide bonds. The zero-order valence-electron chi connectivity index (χ0n) is 13.2. The summed E-state index contributed by atoms with van der Waals surface area (Å²) in [4.78, 5) is 20.7. The minimum atomic E-state index is -0.891. The van der Waals surface area contributed by atoms with Crippen molar-refractivity contribution < 1.29 is 24.3 Å². The van der Waals surface area contributed by atoms with Crippen molar-refractivity contribution in [3.8, 4) is 0 Å². The summed E-state index contributed by atoms with van der Waals surface area (Å²) in [6.07, 6.45) is 2.33. The van der Waals surface area contributed by atoms with Gasteiger partial charge in [0.1, 0.15) is 5.60 Å². The van der Waals surface area contributed by atoms with E-state index in [1.54, 1.807) is 20.8 Å². The molecule has 0 N–H and O–H groups in total. The van der Waals surface area contributed by atoms with Crippen LogP contribution in [0, 0.1) is 5.92 Å². The van der Waals surface area contributed by atoms with Gasteiger partial charge in [-0.15, -0.1) is 0 Å². The molecular formula is C14H28O5. The predicted molar refractivity (Wildman–Crippen MR) is 72.3 cm³/mol. The topological polar surface area (TPSA) is 54.0 Å². The Morgan fingerprint density at radius 1 is 1.16 bits per heavy atom. The van der Waals surface area contributed by atoms with Crippen molar-refractivity contribution in [1.29, 1.82) is 0 Å². The fourth-order valence-electron chi connectivity index (χ4n) is 1.34. The highest BCUT2D eigenvalue weighted by molar-refractivity contribution is 5.59. The Bertz CT molecular complexity index is 268. The second-order valence-corrected chi connectivity index (χ2v) is 6.35. The van der Waals surface area contributed by atoms with E-state index in [1.807, 2.05) is 13.8 Å². The highest BCUT2D eigenvalue weighted by atomic mass is 17.5. The summed E-state index contributed by atoms with van der Waals surface area (Å²) < 4.78 is 5.25. The average molecular weight is 276 g/mol. The number of carbonyl (C=O) groups excluding carboxylic acids is 1. The minimum absolute atomic E-state index is 0.239. The molecule has 0 bridgehead atoms. The van der Waals surface area contributed by atoms with E-state index >= 15 is 0 Å². The van der Waals surface area contributed by atoms with Crippen molar-refractivity contribution in [1.82, 2.24) is 0 Å². The van der Waals surface area contributed by atoms with Gasteiger partial charge in [0.15, 0.2) is 0 Å². The van der Waals surface area contributed by atoms with Gasteiger partial charge in [0.25, 0.3) is 0 Å². The zero-order valence-corrected chi connectivity index (χ0v) is 13.2. The first-order chi connectivity index (χ1) is 8.58. The summed E-state index contributed by atoms with van der Waals surface area (Å²) >= 11 is 0. The first-order valence-electron chi connectivity index (χ1n) is 6.84. The quantitative estimate of drug-likeness (QED) is 0.392. The van der Waals surface area contributed by atoms with E-state index in [-0.39, 0.29) is 5.92 Å². The molecule has 0 aromatic carbocycles. The lowest BCUT2D eigenvalue weighted by atomic mass is 9.88. The molecule has 5 heteroatoms. The molecule has 0 spiro atoms. The van der Waals surface area contributed by atoms with Crippen molar-refractivity contribution in [2.24, 2.45) is 5.92 Å². The van der Waals surface area contributed by atoms with E-state index in [2.05, 4.69) is 23.8 Å². The van der Waals surface area contributed by atoms with Gasteiger partial charge >= 0.3 is 6.16 Å². The van der Waals surface area contributed by atoms with Crippen LogP contribution < -0.4 is 0 Å². The van der Waals surface area contributed by atoms with Crippen LogP contribution in [0.15, 0.2) is 0 Å². The van der Waals surface area contributed by atoms with Crippen LogP contribution in [0.4, 0.5) is 4.79 Å². The largest absolute Gasteiger partial charge is 0.543 e. The van der Waals surface area contributed by atoms with Gasteiger partial charge in [-0.1, -0.05) is 26.7 Å². The fourth-order valence-corrected chi connectivity index (χ4v) is 1.34. The molecule has 1 unspecified atom stereocenters. The maximum absolute atomic E-state index is 11.5. The summed E-state index contributed by atoms with van der Waals surface area (Å²) in [6, 6.07) is 0. The zero-order chi connectivity index (χ0) is 15.1. The Morgan fingerprint density at radius 3 is 2.21 bits per heavy atom. The summed E-state index contributed by atoms with van der Waals surface area (Å²) in [5.74, 6) is 0.239. The standard InChI is InChI=1S/C14H28O5/c1-8-9-10-11(2)14(6,7)16-12(15)17-19-18-13(3,4)5/h11H,8-10H2,1-7H3. The molecular weight excluding hydrogens is 248 g/mol. The number of ether oxygens (including phenoxy) is 1. The third kappa shape index (κ3) is 8.83. The molecule has 0 saturated heterocycles. The maximum Gasteiger partial charge on any atom is 0.543 e. The molecule has 0 aromatic rings. The Balaban J connectivity index is 4.08. The third-order valence-corrected chi connectivity index (χ3v) is 2.91. The smallest absolute Gasteiger partial charge is 0.426 e. The van der Waals surface area contributed by atoms with E-state index < -0.39 is 17.4 Å². The summed E-state index contributed by atoms with van der Waals surface area (Å²) in [5, 5.41) is 4.39. The van der Waals surface area contributed by atoms with E-state index in [0.29, 0.717) is 0 Å². The van der Waals surface area contributed by atoms with Gasteiger partial charge in [-0.05, 0) is 52.0 Å². The molecule has 0 fully saturated rings. The lowest BCUT2D eigenvalue weighted by Gasteiger charge is -2.30. The first kappa shape index (κ1) is 18.2. The molecule has 0 aliphatic rings. The lowest BCUT2D eigenvalue weighted by Crippen LogP contribution is -2.35. The van der Waals surface area contributed by atoms with Crippen LogP contribution in [0.3, 0.4) is 0 Å². The number of hydrogen-bond donors (Lipinski definition) is 0. The van der Waals surface area contributed by atoms with E-state index in [9.17, 15) is 4.79 Å². The normalized spacial score (nSPS) is 14.1. The molecule has 0 heterocycles. The molecule has 0 saturated carbocycles. The van der Waals surface area contributed by atoms with Gasteiger partial charge in [-0.3, -0.25) is 0 Å². The van der Waals surface area contributed by atoms with Crippen molar-refractivity contribution in [3.63, 3.8) is 0 Å². The average Bonchev–Trinajstić information content (AvgIpc) is 2.23. The summed E-state index contributed by atoms with van der Waals surface area (Å²) in [7, 11) is 0. The van der Waals surface area contributed by atoms with Crippen LogP contribution in [-0.2, 0) is 19.6 Å². The summed E-state index contributed by atoms with van der Waals surface area (Å²) in [6.45, 7) is 13.2. The van der Waals surface area contributed by atoms with Crippen molar-refractivity contribution in [2.75, 3.05) is 0 Å². The maximum atomic E-state index is 11.5. The number of carbonyl (C=O) groups is 1. The van der Waals surface area contributed by atoms with Gasteiger partial charge in [0.05, 0.1) is 5.60 Å². The Morgan fingerprint density at radius 2 is 1.74 bits per heavy atom. The Hall–Kier alpha value is -0.810. The number of rotatable bonds is 7. The van der Waals surface area contributed by atoms with Crippen LogP contribution in [0.25, 0.3) is 0 Å². The van der Waals surface area contributed by atoms with Crippen LogP contribution in [-0.4, -0.2) is 17.4 Å². The lowest BCUT2D eigenvalue weighted by molar-refractivity contribution is -0.515. The molecule has 19 heavy (non-hydrogen) atoms. The van der Waals surface area contributed by atoms with E-state index in [1.165, 1.54) is 0 Å².